The van der Waals surface area contributed by atoms with E-state index in [-0.39, 0.29) is 11.5 Å². The summed E-state index contributed by atoms with van der Waals surface area (Å²) in [5.74, 6) is 1.07. The number of rotatable bonds is 12. The molecule has 6 nitrogen and oxygen atoms in total. The van der Waals surface area contributed by atoms with Crippen LogP contribution in [0.1, 0.15) is 55.5 Å². The van der Waals surface area contributed by atoms with Gasteiger partial charge < -0.3 is 19.3 Å². The van der Waals surface area contributed by atoms with Gasteiger partial charge in [0.1, 0.15) is 28.7 Å². The second-order valence-electron chi connectivity index (χ2n) is 7.70. The smallest absolute Gasteiger partial charge is 0.343 e. The number of ether oxygens (including phenoxy) is 3. The van der Waals surface area contributed by atoms with Crippen molar-refractivity contribution in [2.45, 2.75) is 39.5 Å². The van der Waals surface area contributed by atoms with E-state index in [4.69, 9.17) is 14.2 Å². The fourth-order valence-corrected chi connectivity index (χ4v) is 3.25. The van der Waals surface area contributed by atoms with Gasteiger partial charge in [0.05, 0.1) is 18.8 Å². The van der Waals surface area contributed by atoms with Gasteiger partial charge in [0.15, 0.2) is 0 Å². The maximum Gasteiger partial charge on any atom is 0.343 e. The van der Waals surface area contributed by atoms with E-state index in [9.17, 15) is 9.90 Å². The van der Waals surface area contributed by atoms with E-state index >= 15 is 0 Å². The van der Waals surface area contributed by atoms with Gasteiger partial charge in [0, 0.05) is 17.8 Å². The topological polar surface area (TPSA) is 77.4 Å². The van der Waals surface area contributed by atoms with Crippen molar-refractivity contribution >= 4 is 17.9 Å². The van der Waals surface area contributed by atoms with Gasteiger partial charge in [-0.25, -0.2) is 4.79 Å². The van der Waals surface area contributed by atoms with Crippen molar-refractivity contribution in [3.05, 3.63) is 77.9 Å². The zero-order chi connectivity index (χ0) is 24.2. The Morgan fingerprint density at radius 3 is 2.41 bits per heavy atom. The van der Waals surface area contributed by atoms with Gasteiger partial charge in [-0.3, -0.25) is 4.99 Å². The Morgan fingerprint density at radius 2 is 1.68 bits per heavy atom. The summed E-state index contributed by atoms with van der Waals surface area (Å²) >= 11 is 0. The number of hydrogen-bond acceptors (Lipinski definition) is 6. The Hall–Kier alpha value is -3.80. The molecule has 0 unspecified atom stereocenters. The zero-order valence-electron chi connectivity index (χ0n) is 19.7. The third-order valence-corrected chi connectivity index (χ3v) is 5.08. The molecule has 0 aromatic heterocycles. The number of carbonyl (C=O) groups excluding carboxylic acids is 1. The molecule has 0 aliphatic rings. The van der Waals surface area contributed by atoms with E-state index in [0.717, 1.165) is 18.6 Å². The number of aliphatic imine (C=N–C) groups is 1. The standard InChI is InChI=1S/C28H31NO5/c1-3-5-6-9-18-33-23-15-12-21(13-16-23)28(31)34-24-17-14-22(26(30)19-24)20-29-25-10-7-8-11-27(25)32-4-2/h7-8,10-17,19-20,30H,3-6,9,18H2,1-2H3. The van der Waals surface area contributed by atoms with Crippen molar-refractivity contribution in [3.8, 4) is 23.0 Å². The molecule has 0 aliphatic carbocycles. The first kappa shape index (κ1) is 24.8. The highest BCUT2D eigenvalue weighted by Gasteiger charge is 2.11. The quantitative estimate of drug-likeness (QED) is 0.140. The molecule has 0 fully saturated rings. The fourth-order valence-electron chi connectivity index (χ4n) is 3.25. The van der Waals surface area contributed by atoms with Crippen molar-refractivity contribution < 1.29 is 24.1 Å². The fraction of sp³-hybridized carbons (Fsp3) is 0.286. The van der Waals surface area contributed by atoms with Gasteiger partial charge in [0.25, 0.3) is 0 Å². The summed E-state index contributed by atoms with van der Waals surface area (Å²) in [5.41, 5.74) is 1.55. The van der Waals surface area contributed by atoms with Crippen LogP contribution in [0.3, 0.4) is 0 Å². The van der Waals surface area contributed by atoms with Gasteiger partial charge in [-0.15, -0.1) is 0 Å². The lowest BCUT2D eigenvalue weighted by atomic mass is 10.2. The maximum atomic E-state index is 12.5. The maximum absolute atomic E-state index is 12.5. The Morgan fingerprint density at radius 1 is 0.912 bits per heavy atom. The molecule has 0 atom stereocenters. The number of nitrogens with zero attached hydrogens (tertiary/aromatic N) is 1. The highest BCUT2D eigenvalue weighted by atomic mass is 16.5. The van der Waals surface area contributed by atoms with Gasteiger partial charge in [-0.05, 0) is 61.9 Å². The summed E-state index contributed by atoms with van der Waals surface area (Å²) in [5, 5.41) is 10.4. The SMILES string of the molecule is CCCCCCOc1ccc(C(=O)Oc2ccc(C=Nc3ccccc3OCC)c(O)c2)cc1. The van der Waals surface area contributed by atoms with Crippen LogP contribution in [0.5, 0.6) is 23.0 Å². The molecule has 0 saturated carbocycles. The van der Waals surface area contributed by atoms with Crippen molar-refractivity contribution in [1.29, 1.82) is 0 Å². The Kier molecular flexibility index (Phi) is 9.52. The molecule has 0 saturated heterocycles. The van der Waals surface area contributed by atoms with Crippen LogP contribution in [-0.2, 0) is 0 Å². The average molecular weight is 462 g/mol. The highest BCUT2D eigenvalue weighted by Crippen LogP contribution is 2.28. The largest absolute Gasteiger partial charge is 0.507 e. The van der Waals surface area contributed by atoms with E-state index < -0.39 is 5.97 Å². The number of unbranched alkanes of at least 4 members (excludes halogenated alkanes) is 3. The summed E-state index contributed by atoms with van der Waals surface area (Å²) in [6.07, 6.45) is 6.10. The van der Waals surface area contributed by atoms with Gasteiger partial charge in [-0.1, -0.05) is 38.3 Å². The van der Waals surface area contributed by atoms with Crippen LogP contribution in [0.15, 0.2) is 71.7 Å². The van der Waals surface area contributed by atoms with Crippen molar-refractivity contribution in [1.82, 2.24) is 0 Å². The van der Waals surface area contributed by atoms with Crippen LogP contribution in [0.2, 0.25) is 0 Å². The molecule has 0 amide bonds. The predicted molar refractivity (Wildman–Crippen MR) is 134 cm³/mol. The van der Waals surface area contributed by atoms with Crippen LogP contribution in [-0.4, -0.2) is 30.5 Å². The van der Waals surface area contributed by atoms with Gasteiger partial charge in [0.2, 0.25) is 0 Å². The highest BCUT2D eigenvalue weighted by molar-refractivity contribution is 5.91. The lowest BCUT2D eigenvalue weighted by molar-refractivity contribution is 0.0734. The van der Waals surface area contributed by atoms with Crippen LogP contribution >= 0.6 is 0 Å². The molecule has 0 radical (unpaired) electrons. The van der Waals surface area contributed by atoms with Crippen LogP contribution < -0.4 is 14.2 Å². The molecule has 6 heteroatoms. The summed E-state index contributed by atoms with van der Waals surface area (Å²) in [4.78, 5) is 16.9. The molecular weight excluding hydrogens is 430 g/mol. The number of phenolic OH excluding ortho intramolecular Hbond substituents is 1. The van der Waals surface area contributed by atoms with Gasteiger partial charge >= 0.3 is 5.97 Å². The van der Waals surface area contributed by atoms with E-state index in [2.05, 4.69) is 11.9 Å². The van der Waals surface area contributed by atoms with E-state index in [1.807, 2.05) is 31.2 Å². The van der Waals surface area contributed by atoms with Crippen molar-refractivity contribution in [3.63, 3.8) is 0 Å². The number of aromatic hydroxyl groups is 1. The van der Waals surface area contributed by atoms with Crippen molar-refractivity contribution in [2.24, 2.45) is 4.99 Å². The van der Waals surface area contributed by atoms with Crippen LogP contribution in [0.25, 0.3) is 0 Å². The normalized spacial score (nSPS) is 10.9. The monoisotopic (exact) mass is 461 g/mol. The van der Waals surface area contributed by atoms with E-state index in [1.165, 1.54) is 18.9 Å². The Balaban J connectivity index is 1.58. The molecule has 3 aromatic carbocycles. The third-order valence-electron chi connectivity index (χ3n) is 5.08. The average Bonchev–Trinajstić information content (AvgIpc) is 2.85. The second kappa shape index (κ2) is 13.0. The first-order chi connectivity index (χ1) is 16.6. The summed E-state index contributed by atoms with van der Waals surface area (Å²) in [6.45, 7) is 5.28. The van der Waals surface area contributed by atoms with Crippen LogP contribution in [0.4, 0.5) is 5.69 Å². The number of hydrogen-bond donors (Lipinski definition) is 1. The van der Waals surface area contributed by atoms with Gasteiger partial charge in [-0.2, -0.15) is 0 Å². The molecule has 3 aromatic rings. The molecule has 0 heterocycles. The number of carbonyl (C=O) groups is 1. The predicted octanol–water partition coefficient (Wildman–Crippen LogP) is 6.72. The zero-order valence-corrected chi connectivity index (χ0v) is 19.7. The molecule has 34 heavy (non-hydrogen) atoms. The lowest BCUT2D eigenvalue weighted by Gasteiger charge is -2.08. The first-order valence-electron chi connectivity index (χ1n) is 11.6. The Bertz CT molecular complexity index is 1090. The molecule has 0 bridgehead atoms. The van der Waals surface area contributed by atoms with E-state index in [1.54, 1.807) is 42.6 Å². The van der Waals surface area contributed by atoms with Crippen molar-refractivity contribution in [2.75, 3.05) is 13.2 Å². The Labute approximate surface area is 200 Å². The number of para-hydroxylation sites is 2. The lowest BCUT2D eigenvalue weighted by Crippen LogP contribution is -2.08. The first-order valence-corrected chi connectivity index (χ1v) is 11.6. The minimum atomic E-state index is -0.513. The minimum Gasteiger partial charge on any atom is -0.507 e. The molecule has 178 valence electrons. The third kappa shape index (κ3) is 7.37. The van der Waals surface area contributed by atoms with Crippen LogP contribution in [0, 0.1) is 0 Å². The minimum absolute atomic E-state index is 0.0465. The molecule has 3 rings (SSSR count). The molecule has 0 spiro atoms. The molecule has 1 N–H and O–H groups in total. The van der Waals surface area contributed by atoms with E-state index in [0.29, 0.717) is 35.8 Å². The summed E-state index contributed by atoms with van der Waals surface area (Å²) in [7, 11) is 0. The summed E-state index contributed by atoms with van der Waals surface area (Å²) in [6, 6.07) is 18.9. The second-order valence-corrected chi connectivity index (χ2v) is 7.70. The number of benzene rings is 3. The number of esters is 1. The number of phenols is 1. The summed E-state index contributed by atoms with van der Waals surface area (Å²) < 4.78 is 16.7. The molecular formula is C28H31NO5. The molecule has 0 aliphatic heterocycles.